The van der Waals surface area contributed by atoms with E-state index in [4.69, 9.17) is 4.74 Å². The first-order valence-corrected chi connectivity index (χ1v) is 8.95. The lowest BCUT2D eigenvalue weighted by atomic mass is 10.2. The molecule has 0 unspecified atom stereocenters. The zero-order valence-corrected chi connectivity index (χ0v) is 15.4. The maximum absolute atomic E-state index is 12.4. The number of hydrogen-bond donors (Lipinski definition) is 5. The average Bonchev–Trinajstić information content (AvgIpc) is 2.73. The molecule has 0 aliphatic carbocycles. The molecule has 11 heteroatoms. The van der Waals surface area contributed by atoms with Crippen molar-refractivity contribution in [1.29, 1.82) is 0 Å². The van der Waals surface area contributed by atoms with Gasteiger partial charge in [0.05, 0.1) is 19.8 Å². The molecule has 1 aromatic heterocycles. The van der Waals surface area contributed by atoms with E-state index >= 15 is 0 Å². The Morgan fingerprint density at radius 3 is 2.48 bits per heavy atom. The molecule has 11 nitrogen and oxygen atoms in total. The molecule has 0 saturated carbocycles. The van der Waals surface area contributed by atoms with E-state index in [9.17, 15) is 24.3 Å². The van der Waals surface area contributed by atoms with E-state index in [0.717, 1.165) is 25.0 Å². The molecule has 1 aliphatic heterocycles. The second-order valence-corrected chi connectivity index (χ2v) is 6.33. The van der Waals surface area contributed by atoms with Crippen LogP contribution in [0.15, 0.2) is 40.1 Å². The number of hydrogen-bond acceptors (Lipinski definition) is 7. The molecule has 1 aliphatic rings. The molecule has 0 spiro atoms. The highest BCUT2D eigenvalue weighted by atomic mass is 16.5. The summed E-state index contributed by atoms with van der Waals surface area (Å²) in [4.78, 5) is 53.5. The van der Waals surface area contributed by atoms with Crippen LogP contribution in [0.25, 0.3) is 0 Å². The first kappa shape index (κ1) is 20.3. The number of aromatic amines is 2. The molecule has 2 heterocycles. The van der Waals surface area contributed by atoms with Crippen molar-refractivity contribution in [2.75, 3.05) is 43.1 Å². The second kappa shape index (κ2) is 9.17. The predicted molar refractivity (Wildman–Crippen MR) is 104 cm³/mol. The summed E-state index contributed by atoms with van der Waals surface area (Å²) in [5.41, 5.74) is -0.562. The van der Waals surface area contributed by atoms with Crippen molar-refractivity contribution < 1.29 is 19.4 Å². The zero-order valence-electron chi connectivity index (χ0n) is 15.4. The first-order chi connectivity index (χ1) is 14.0. The van der Waals surface area contributed by atoms with Crippen molar-refractivity contribution in [3.05, 3.63) is 56.9 Å². The number of ether oxygens (including phenoxy) is 1. The molecule has 1 atom stereocenters. The summed E-state index contributed by atoms with van der Waals surface area (Å²) in [7, 11) is 0. The van der Waals surface area contributed by atoms with Crippen LogP contribution in [0.4, 0.5) is 11.4 Å². The van der Waals surface area contributed by atoms with Crippen molar-refractivity contribution in [1.82, 2.24) is 15.3 Å². The second-order valence-electron chi connectivity index (χ2n) is 6.33. The molecule has 5 N–H and O–H groups in total. The van der Waals surface area contributed by atoms with Crippen LogP contribution in [0.5, 0.6) is 0 Å². The number of aliphatic hydroxyl groups excluding tert-OH is 1. The number of rotatable bonds is 6. The Balaban J connectivity index is 1.62. The summed E-state index contributed by atoms with van der Waals surface area (Å²) in [5.74, 6) is -1.56. The van der Waals surface area contributed by atoms with E-state index < -0.39 is 35.7 Å². The van der Waals surface area contributed by atoms with Crippen LogP contribution in [0.3, 0.4) is 0 Å². The van der Waals surface area contributed by atoms with E-state index in [1.165, 1.54) is 0 Å². The third-order valence-corrected chi connectivity index (χ3v) is 4.38. The van der Waals surface area contributed by atoms with Gasteiger partial charge in [0.15, 0.2) is 0 Å². The van der Waals surface area contributed by atoms with Gasteiger partial charge in [0.25, 0.3) is 11.5 Å². The van der Waals surface area contributed by atoms with Crippen LogP contribution in [-0.4, -0.2) is 65.8 Å². The van der Waals surface area contributed by atoms with Gasteiger partial charge in [-0.25, -0.2) is 4.79 Å². The number of anilines is 2. The Morgan fingerprint density at radius 2 is 1.86 bits per heavy atom. The fourth-order valence-electron chi connectivity index (χ4n) is 2.82. The van der Waals surface area contributed by atoms with Crippen LogP contribution in [0, 0.1) is 0 Å². The fourth-order valence-corrected chi connectivity index (χ4v) is 2.82. The molecule has 3 rings (SSSR count). The molecule has 1 fully saturated rings. The van der Waals surface area contributed by atoms with E-state index in [-0.39, 0.29) is 5.56 Å². The number of H-pyrrole nitrogens is 2. The number of benzene rings is 1. The molecular weight excluding hydrogens is 382 g/mol. The molecule has 1 aromatic carbocycles. The standard InChI is InChI=1S/C18H21N5O6/c24-10-14(21-15(25)13-9-19-18(28)22-16(13)26)17(27)20-11-1-3-12(4-2-11)23-5-7-29-8-6-23/h1-4,9,14,24H,5-8,10H2,(H,20,27)(H,21,25)(H2,19,22,26,28)/t14-/m0/s1. The maximum Gasteiger partial charge on any atom is 0.325 e. The summed E-state index contributed by atoms with van der Waals surface area (Å²) in [5, 5.41) is 14.3. The summed E-state index contributed by atoms with van der Waals surface area (Å²) >= 11 is 0. The van der Waals surface area contributed by atoms with E-state index in [1.54, 1.807) is 12.1 Å². The van der Waals surface area contributed by atoms with Gasteiger partial charge in [-0.15, -0.1) is 0 Å². The number of morpholine rings is 1. The molecular formula is C18H21N5O6. The number of aromatic nitrogens is 2. The zero-order chi connectivity index (χ0) is 20.8. The minimum atomic E-state index is -1.28. The van der Waals surface area contributed by atoms with Gasteiger partial charge in [-0.05, 0) is 24.3 Å². The van der Waals surface area contributed by atoms with Crippen molar-refractivity contribution in [2.45, 2.75) is 6.04 Å². The van der Waals surface area contributed by atoms with Gasteiger partial charge >= 0.3 is 5.69 Å². The molecule has 2 aromatic rings. The number of carbonyl (C=O) groups is 2. The number of aliphatic hydroxyl groups is 1. The average molecular weight is 403 g/mol. The van der Waals surface area contributed by atoms with Gasteiger partial charge in [0.2, 0.25) is 5.91 Å². The lowest BCUT2D eigenvalue weighted by Gasteiger charge is -2.29. The predicted octanol–water partition coefficient (Wildman–Crippen LogP) is -1.37. The monoisotopic (exact) mass is 403 g/mol. The first-order valence-electron chi connectivity index (χ1n) is 8.95. The summed E-state index contributed by atoms with van der Waals surface area (Å²) in [6.45, 7) is 2.22. The molecule has 29 heavy (non-hydrogen) atoms. The van der Waals surface area contributed by atoms with Gasteiger partial charge < -0.3 is 30.4 Å². The third-order valence-electron chi connectivity index (χ3n) is 4.38. The van der Waals surface area contributed by atoms with Gasteiger partial charge in [0.1, 0.15) is 11.6 Å². The van der Waals surface area contributed by atoms with Crippen LogP contribution in [-0.2, 0) is 9.53 Å². The molecule has 2 amide bonds. The quantitative estimate of drug-likeness (QED) is 0.398. The molecule has 0 bridgehead atoms. The number of nitrogens with zero attached hydrogens (tertiary/aromatic N) is 1. The Labute approximate surface area is 164 Å². The highest BCUT2D eigenvalue weighted by Crippen LogP contribution is 2.19. The lowest BCUT2D eigenvalue weighted by Crippen LogP contribution is -2.47. The Kier molecular flexibility index (Phi) is 6.42. The Morgan fingerprint density at radius 1 is 1.17 bits per heavy atom. The van der Waals surface area contributed by atoms with Gasteiger partial charge in [-0.3, -0.25) is 19.4 Å². The van der Waals surface area contributed by atoms with Crippen molar-refractivity contribution in [2.24, 2.45) is 0 Å². The van der Waals surface area contributed by atoms with Gasteiger partial charge in [-0.2, -0.15) is 0 Å². The van der Waals surface area contributed by atoms with Gasteiger partial charge in [0, 0.05) is 30.7 Å². The normalized spacial score (nSPS) is 14.9. The third kappa shape index (κ3) is 5.09. The lowest BCUT2D eigenvalue weighted by molar-refractivity contribution is -0.118. The fraction of sp³-hybridized carbons (Fsp3) is 0.333. The molecule has 0 radical (unpaired) electrons. The summed E-state index contributed by atoms with van der Waals surface area (Å²) < 4.78 is 5.32. The topological polar surface area (TPSA) is 157 Å². The number of carbonyl (C=O) groups excluding carboxylic acids is 2. The Hall–Kier alpha value is -3.44. The van der Waals surface area contributed by atoms with Crippen molar-refractivity contribution >= 4 is 23.2 Å². The van der Waals surface area contributed by atoms with Crippen LogP contribution < -0.4 is 26.8 Å². The maximum atomic E-state index is 12.4. The number of amides is 2. The highest BCUT2D eigenvalue weighted by molar-refractivity contribution is 6.01. The minimum Gasteiger partial charge on any atom is -0.394 e. The van der Waals surface area contributed by atoms with Crippen LogP contribution >= 0.6 is 0 Å². The summed E-state index contributed by atoms with van der Waals surface area (Å²) in [6.07, 6.45) is 0.938. The minimum absolute atomic E-state index is 0.384. The van der Waals surface area contributed by atoms with E-state index in [1.807, 2.05) is 17.1 Å². The highest BCUT2D eigenvalue weighted by Gasteiger charge is 2.22. The van der Waals surface area contributed by atoms with E-state index in [0.29, 0.717) is 18.9 Å². The van der Waals surface area contributed by atoms with Crippen molar-refractivity contribution in [3.8, 4) is 0 Å². The van der Waals surface area contributed by atoms with Crippen LogP contribution in [0.1, 0.15) is 10.4 Å². The van der Waals surface area contributed by atoms with Crippen LogP contribution in [0.2, 0.25) is 0 Å². The SMILES string of the molecule is O=C(N[C@@H](CO)C(=O)Nc1ccc(N2CCOCC2)cc1)c1c[nH]c(=O)[nH]c1=O. The Bertz CT molecular complexity index is 977. The van der Waals surface area contributed by atoms with Crippen molar-refractivity contribution in [3.63, 3.8) is 0 Å². The van der Waals surface area contributed by atoms with E-state index in [2.05, 4.69) is 20.5 Å². The smallest absolute Gasteiger partial charge is 0.325 e. The molecule has 154 valence electrons. The van der Waals surface area contributed by atoms with Gasteiger partial charge in [-0.1, -0.05) is 0 Å². The number of nitrogens with one attached hydrogen (secondary N) is 4. The molecule has 1 saturated heterocycles. The largest absolute Gasteiger partial charge is 0.394 e. The summed E-state index contributed by atoms with van der Waals surface area (Å²) in [6, 6.07) is 5.85.